The predicted octanol–water partition coefficient (Wildman–Crippen LogP) is 1.78. The zero-order valence-corrected chi connectivity index (χ0v) is 12.7. The summed E-state index contributed by atoms with van der Waals surface area (Å²) >= 11 is 3.49. The van der Waals surface area contributed by atoms with Crippen LogP contribution in [0.5, 0.6) is 0 Å². The average molecular weight is 312 g/mol. The summed E-state index contributed by atoms with van der Waals surface area (Å²) in [5.74, 6) is 0. The topological polar surface area (TPSA) is 61.7 Å². The molecule has 0 radical (unpaired) electrons. The Morgan fingerprint density at radius 1 is 1.33 bits per heavy atom. The normalized spacial score (nSPS) is 13.0. The molecule has 0 aliphatic rings. The van der Waals surface area contributed by atoms with Gasteiger partial charge in [0.15, 0.2) is 0 Å². The van der Waals surface area contributed by atoms with Crippen molar-refractivity contribution in [1.29, 1.82) is 0 Å². The lowest BCUT2D eigenvalue weighted by molar-refractivity contribution is 0.612. The molecule has 1 atom stereocenters. The third-order valence-electron chi connectivity index (χ3n) is 3.37. The first-order chi connectivity index (χ1) is 8.41. The molecule has 0 amide bonds. The number of rotatable bonds is 3. The first-order valence-electron chi connectivity index (χ1n) is 5.83. The second-order valence-electron chi connectivity index (χ2n) is 4.58. The zero-order chi connectivity index (χ0) is 13.4. The molecule has 2 aromatic heterocycles. The first kappa shape index (κ1) is 13.3. The molecular weight excluding hydrogens is 294 g/mol. The van der Waals surface area contributed by atoms with Crippen LogP contribution in [0.1, 0.15) is 28.7 Å². The summed E-state index contributed by atoms with van der Waals surface area (Å²) < 4.78 is 4.67. The van der Waals surface area contributed by atoms with Gasteiger partial charge in [-0.1, -0.05) is 0 Å². The van der Waals surface area contributed by atoms with Crippen molar-refractivity contribution in [2.45, 2.75) is 26.3 Å². The average Bonchev–Trinajstić information content (AvgIpc) is 2.74. The van der Waals surface area contributed by atoms with Crippen molar-refractivity contribution in [3.05, 3.63) is 33.3 Å². The molecule has 5 nitrogen and oxygen atoms in total. The molecule has 0 saturated heterocycles. The van der Waals surface area contributed by atoms with Gasteiger partial charge in [0.2, 0.25) is 0 Å². The smallest absolute Gasteiger partial charge is 0.0693 e. The largest absolute Gasteiger partial charge is 0.322 e. The maximum Gasteiger partial charge on any atom is 0.0693 e. The van der Waals surface area contributed by atoms with E-state index >= 15 is 0 Å². The van der Waals surface area contributed by atoms with Gasteiger partial charge in [-0.15, -0.1) is 0 Å². The maximum absolute atomic E-state index is 6.29. The van der Waals surface area contributed by atoms with E-state index in [2.05, 4.69) is 33.1 Å². The van der Waals surface area contributed by atoms with E-state index in [-0.39, 0.29) is 6.04 Å². The molecule has 0 saturated carbocycles. The van der Waals surface area contributed by atoms with Gasteiger partial charge in [-0.05, 0) is 41.8 Å². The lowest BCUT2D eigenvalue weighted by Crippen LogP contribution is -2.18. The molecule has 1 unspecified atom stereocenters. The summed E-state index contributed by atoms with van der Waals surface area (Å²) in [6, 6.07) is -0.0894. The number of halogens is 1. The van der Waals surface area contributed by atoms with E-state index in [1.807, 2.05) is 30.4 Å². The highest BCUT2D eigenvalue weighted by Crippen LogP contribution is 2.25. The maximum atomic E-state index is 6.29. The molecule has 0 bridgehead atoms. The fraction of sp³-hybridized carbons (Fsp3) is 0.500. The van der Waals surface area contributed by atoms with Crippen molar-refractivity contribution in [3.63, 3.8) is 0 Å². The molecule has 0 spiro atoms. The first-order valence-corrected chi connectivity index (χ1v) is 6.63. The van der Waals surface area contributed by atoms with Crippen LogP contribution in [0.15, 0.2) is 10.7 Å². The van der Waals surface area contributed by atoms with Crippen molar-refractivity contribution in [1.82, 2.24) is 19.6 Å². The van der Waals surface area contributed by atoms with Crippen LogP contribution < -0.4 is 5.73 Å². The van der Waals surface area contributed by atoms with Crippen molar-refractivity contribution >= 4 is 15.9 Å². The summed E-state index contributed by atoms with van der Waals surface area (Å²) in [7, 11) is 3.86. The SMILES string of the molecule is Cc1nn(C)c(C)c1CC(N)c1c(Br)cnn1C. The summed E-state index contributed by atoms with van der Waals surface area (Å²) in [5.41, 5.74) is 10.7. The zero-order valence-electron chi connectivity index (χ0n) is 11.1. The van der Waals surface area contributed by atoms with Crippen LogP contribution in [-0.4, -0.2) is 19.6 Å². The highest BCUT2D eigenvalue weighted by Gasteiger charge is 2.19. The minimum Gasteiger partial charge on any atom is -0.322 e. The van der Waals surface area contributed by atoms with Crippen LogP contribution in [-0.2, 0) is 20.5 Å². The summed E-state index contributed by atoms with van der Waals surface area (Å²) in [5, 5.41) is 8.61. The molecule has 6 heteroatoms. The molecule has 2 aromatic rings. The van der Waals surface area contributed by atoms with Gasteiger partial charge in [0.1, 0.15) is 0 Å². The van der Waals surface area contributed by atoms with Crippen LogP contribution >= 0.6 is 15.9 Å². The molecule has 2 heterocycles. The van der Waals surface area contributed by atoms with E-state index in [4.69, 9.17) is 5.73 Å². The molecule has 98 valence electrons. The summed E-state index contributed by atoms with van der Waals surface area (Å²) in [4.78, 5) is 0. The fourth-order valence-corrected chi connectivity index (χ4v) is 2.91. The van der Waals surface area contributed by atoms with Gasteiger partial charge in [0, 0.05) is 19.8 Å². The number of nitrogens with zero attached hydrogens (tertiary/aromatic N) is 4. The number of hydrogen-bond acceptors (Lipinski definition) is 3. The molecule has 0 fully saturated rings. The van der Waals surface area contributed by atoms with Gasteiger partial charge in [0.05, 0.1) is 28.1 Å². The third-order valence-corrected chi connectivity index (χ3v) is 3.98. The van der Waals surface area contributed by atoms with Crippen LogP contribution in [0.4, 0.5) is 0 Å². The van der Waals surface area contributed by atoms with Gasteiger partial charge < -0.3 is 5.73 Å². The van der Waals surface area contributed by atoms with Gasteiger partial charge in [0.25, 0.3) is 0 Å². The second-order valence-corrected chi connectivity index (χ2v) is 5.44. The number of aromatic nitrogens is 4. The van der Waals surface area contributed by atoms with E-state index in [9.17, 15) is 0 Å². The summed E-state index contributed by atoms with van der Waals surface area (Å²) in [6.45, 7) is 4.09. The quantitative estimate of drug-likeness (QED) is 0.939. The Morgan fingerprint density at radius 2 is 2.00 bits per heavy atom. The van der Waals surface area contributed by atoms with Crippen molar-refractivity contribution in [2.75, 3.05) is 0 Å². The Labute approximate surface area is 115 Å². The van der Waals surface area contributed by atoms with Gasteiger partial charge in [-0.25, -0.2) is 0 Å². The van der Waals surface area contributed by atoms with E-state index in [0.717, 1.165) is 22.3 Å². The Hall–Kier alpha value is -1.14. The molecule has 18 heavy (non-hydrogen) atoms. The van der Waals surface area contributed by atoms with E-state index < -0.39 is 0 Å². The minimum absolute atomic E-state index is 0.0894. The van der Waals surface area contributed by atoms with E-state index in [0.29, 0.717) is 0 Å². The van der Waals surface area contributed by atoms with Crippen LogP contribution in [0.2, 0.25) is 0 Å². The van der Waals surface area contributed by atoms with E-state index in [1.54, 1.807) is 6.20 Å². The molecule has 2 N–H and O–H groups in total. The van der Waals surface area contributed by atoms with Gasteiger partial charge in [-0.2, -0.15) is 10.2 Å². The Balaban J connectivity index is 2.29. The van der Waals surface area contributed by atoms with Crippen LogP contribution in [0.25, 0.3) is 0 Å². The Bertz CT molecular complexity index is 550. The second kappa shape index (κ2) is 4.85. The Kier molecular flexibility index (Phi) is 3.59. The summed E-state index contributed by atoms with van der Waals surface area (Å²) in [6.07, 6.45) is 2.54. The molecule has 0 aliphatic heterocycles. The fourth-order valence-electron chi connectivity index (χ4n) is 2.27. The standard InChI is InChI=1S/C12H18BrN5/c1-7-9(8(2)17(3)16-7)5-11(14)12-10(13)6-15-18(12)4/h6,11H,5,14H2,1-4H3. The third kappa shape index (κ3) is 2.22. The molecule has 0 aromatic carbocycles. The molecule has 2 rings (SSSR count). The van der Waals surface area contributed by atoms with Crippen LogP contribution in [0, 0.1) is 13.8 Å². The molecular formula is C12H18BrN5. The highest BCUT2D eigenvalue weighted by atomic mass is 79.9. The minimum atomic E-state index is -0.0894. The molecule has 0 aliphatic carbocycles. The number of aryl methyl sites for hydroxylation is 3. The van der Waals surface area contributed by atoms with Gasteiger partial charge in [-0.3, -0.25) is 9.36 Å². The van der Waals surface area contributed by atoms with Crippen molar-refractivity contribution in [2.24, 2.45) is 19.8 Å². The van der Waals surface area contributed by atoms with Crippen molar-refractivity contribution < 1.29 is 0 Å². The van der Waals surface area contributed by atoms with Gasteiger partial charge >= 0.3 is 0 Å². The van der Waals surface area contributed by atoms with Crippen LogP contribution in [0.3, 0.4) is 0 Å². The predicted molar refractivity (Wildman–Crippen MR) is 74.2 cm³/mol. The number of nitrogens with two attached hydrogens (primary N) is 1. The lowest BCUT2D eigenvalue weighted by Gasteiger charge is -2.13. The lowest BCUT2D eigenvalue weighted by atomic mass is 10.0. The number of hydrogen-bond donors (Lipinski definition) is 1. The highest BCUT2D eigenvalue weighted by molar-refractivity contribution is 9.10. The van der Waals surface area contributed by atoms with Crippen molar-refractivity contribution in [3.8, 4) is 0 Å². The van der Waals surface area contributed by atoms with E-state index in [1.165, 1.54) is 11.3 Å². The Morgan fingerprint density at radius 3 is 2.44 bits per heavy atom. The monoisotopic (exact) mass is 311 g/mol.